The molecule has 0 N–H and O–H groups in total. The van der Waals surface area contributed by atoms with Crippen molar-refractivity contribution < 1.29 is 9.47 Å². The predicted molar refractivity (Wildman–Crippen MR) is 102 cm³/mol. The van der Waals surface area contributed by atoms with Gasteiger partial charge in [0.05, 0.1) is 0 Å². The second-order valence-electron chi connectivity index (χ2n) is 4.91. The van der Waals surface area contributed by atoms with Gasteiger partial charge in [-0.15, -0.1) is 0 Å². The Morgan fingerprint density at radius 1 is 0.500 bits per heavy atom. The highest BCUT2D eigenvalue weighted by molar-refractivity contribution is 7.99. The summed E-state index contributed by atoms with van der Waals surface area (Å²) in [6.07, 6.45) is 0. The van der Waals surface area contributed by atoms with Crippen molar-refractivity contribution in [2.45, 2.75) is 9.79 Å². The third-order valence-electron chi connectivity index (χ3n) is 3.21. The van der Waals surface area contributed by atoms with E-state index in [4.69, 9.17) is 9.47 Å². The van der Waals surface area contributed by atoms with Crippen LogP contribution in [0.4, 0.5) is 0 Å². The molecule has 0 atom stereocenters. The van der Waals surface area contributed by atoms with Crippen LogP contribution in [-0.2, 0) is 0 Å². The molecule has 0 aromatic heterocycles. The first-order valence-electron chi connectivity index (χ1n) is 7.61. The first-order chi connectivity index (χ1) is 11.9. The molecule has 0 aliphatic carbocycles. The van der Waals surface area contributed by atoms with E-state index in [2.05, 4.69) is 24.3 Å². The molecule has 4 heteroatoms. The van der Waals surface area contributed by atoms with Gasteiger partial charge in [0.2, 0.25) is 0 Å². The monoisotopic (exact) mass is 354 g/mol. The lowest BCUT2D eigenvalue weighted by atomic mass is 10.3. The van der Waals surface area contributed by atoms with E-state index in [1.54, 1.807) is 23.5 Å². The Bertz CT molecular complexity index is 651. The summed E-state index contributed by atoms with van der Waals surface area (Å²) in [5, 5.41) is 0. The van der Waals surface area contributed by atoms with Gasteiger partial charge in [-0.25, -0.2) is 0 Å². The minimum absolute atomic E-state index is 0.591. The van der Waals surface area contributed by atoms with Gasteiger partial charge in [-0.2, -0.15) is 0 Å². The molecule has 0 bridgehead atoms. The molecule has 0 spiro atoms. The average molecular weight is 354 g/mol. The Morgan fingerprint density at radius 3 is 1.25 bits per heavy atom. The number of hydrogen-bond donors (Lipinski definition) is 0. The van der Waals surface area contributed by atoms with Crippen LogP contribution in [0, 0.1) is 0 Å². The van der Waals surface area contributed by atoms with Gasteiger partial charge >= 0.3 is 0 Å². The van der Waals surface area contributed by atoms with Crippen LogP contribution in [0.2, 0.25) is 0 Å². The van der Waals surface area contributed by atoms with Crippen LogP contribution in [0.1, 0.15) is 0 Å². The Morgan fingerprint density at radius 2 is 0.875 bits per heavy atom. The van der Waals surface area contributed by atoms with Crippen molar-refractivity contribution in [3.63, 3.8) is 0 Å². The molecule has 0 aliphatic heterocycles. The van der Waals surface area contributed by atoms with Gasteiger partial charge < -0.3 is 9.47 Å². The maximum atomic E-state index is 5.74. The third kappa shape index (κ3) is 5.55. The summed E-state index contributed by atoms with van der Waals surface area (Å²) in [5.74, 6) is 2.88. The summed E-state index contributed by atoms with van der Waals surface area (Å²) in [7, 11) is 0. The molecule has 0 amide bonds. The molecular formula is C20H18O2S2. The number of rotatable bonds is 8. The summed E-state index contributed by atoms with van der Waals surface area (Å²) >= 11 is 3.35. The molecule has 24 heavy (non-hydrogen) atoms. The van der Waals surface area contributed by atoms with E-state index in [0.29, 0.717) is 11.9 Å². The zero-order valence-corrected chi connectivity index (χ0v) is 14.8. The lowest BCUT2D eigenvalue weighted by molar-refractivity contribution is 0.382. The molecule has 0 saturated heterocycles. The fourth-order valence-corrected chi connectivity index (χ4v) is 3.36. The zero-order chi connectivity index (χ0) is 16.5. The van der Waals surface area contributed by atoms with Crippen molar-refractivity contribution in [1.29, 1.82) is 0 Å². The quantitative estimate of drug-likeness (QED) is 0.368. The van der Waals surface area contributed by atoms with Gasteiger partial charge in [0.15, 0.2) is 0 Å². The maximum Gasteiger partial charge on any atom is 0.138 e. The minimum Gasteiger partial charge on any atom is -0.483 e. The summed E-state index contributed by atoms with van der Waals surface area (Å²) in [6, 6.07) is 28.2. The lowest BCUT2D eigenvalue weighted by Gasteiger charge is -2.08. The van der Waals surface area contributed by atoms with Crippen molar-refractivity contribution in [1.82, 2.24) is 0 Å². The Labute approximate surface area is 151 Å². The zero-order valence-electron chi connectivity index (χ0n) is 13.1. The minimum atomic E-state index is 0.591. The Balaban J connectivity index is 1.40. The molecule has 0 saturated carbocycles. The first-order valence-corrected chi connectivity index (χ1v) is 9.59. The molecule has 0 fully saturated rings. The van der Waals surface area contributed by atoms with Crippen LogP contribution < -0.4 is 9.47 Å². The van der Waals surface area contributed by atoms with Gasteiger partial charge in [0, 0.05) is 9.79 Å². The van der Waals surface area contributed by atoms with Crippen LogP contribution in [0.3, 0.4) is 0 Å². The van der Waals surface area contributed by atoms with Crippen LogP contribution in [-0.4, -0.2) is 11.9 Å². The van der Waals surface area contributed by atoms with Gasteiger partial charge in [-0.3, -0.25) is 0 Å². The molecule has 3 aromatic carbocycles. The van der Waals surface area contributed by atoms with Crippen molar-refractivity contribution >= 4 is 23.5 Å². The number of thioether (sulfide) groups is 2. The van der Waals surface area contributed by atoms with Crippen molar-refractivity contribution in [3.8, 4) is 11.5 Å². The maximum absolute atomic E-state index is 5.74. The molecule has 3 rings (SSSR count). The Kier molecular flexibility index (Phi) is 6.51. The van der Waals surface area contributed by atoms with E-state index in [1.165, 1.54) is 9.79 Å². The largest absolute Gasteiger partial charge is 0.483 e. The highest BCUT2D eigenvalue weighted by atomic mass is 32.2. The molecule has 0 aliphatic rings. The molecule has 2 nitrogen and oxygen atoms in total. The van der Waals surface area contributed by atoms with E-state index in [0.717, 1.165) is 11.5 Å². The summed E-state index contributed by atoms with van der Waals surface area (Å²) in [4.78, 5) is 2.41. The standard InChI is InChI=1S/C20H18O2S2/c1-3-7-19(8-4-1)23-15-21-17-11-13-18(14-12-17)22-16-24-20-9-5-2-6-10-20/h1-14H,15-16H2. The van der Waals surface area contributed by atoms with Gasteiger partial charge in [-0.05, 0) is 48.5 Å². The molecule has 122 valence electrons. The summed E-state index contributed by atoms with van der Waals surface area (Å²) in [6.45, 7) is 0. The smallest absolute Gasteiger partial charge is 0.138 e. The van der Waals surface area contributed by atoms with Gasteiger partial charge in [0.1, 0.15) is 23.4 Å². The average Bonchev–Trinajstić information content (AvgIpc) is 2.65. The van der Waals surface area contributed by atoms with E-state index in [-0.39, 0.29) is 0 Å². The highest BCUT2D eigenvalue weighted by Crippen LogP contribution is 2.23. The Hall–Kier alpha value is -2.04. The molecule has 0 radical (unpaired) electrons. The van der Waals surface area contributed by atoms with Crippen molar-refractivity contribution in [3.05, 3.63) is 84.9 Å². The number of hydrogen-bond acceptors (Lipinski definition) is 4. The number of benzene rings is 3. The second kappa shape index (κ2) is 9.30. The lowest BCUT2D eigenvalue weighted by Crippen LogP contribution is -1.94. The third-order valence-corrected chi connectivity index (χ3v) is 4.89. The highest BCUT2D eigenvalue weighted by Gasteiger charge is 1.99. The number of ether oxygens (including phenoxy) is 2. The summed E-state index contributed by atoms with van der Waals surface area (Å²) in [5.41, 5.74) is 0. The van der Waals surface area contributed by atoms with E-state index < -0.39 is 0 Å². The van der Waals surface area contributed by atoms with Crippen molar-refractivity contribution in [2.24, 2.45) is 0 Å². The molecular weight excluding hydrogens is 336 g/mol. The van der Waals surface area contributed by atoms with E-state index >= 15 is 0 Å². The van der Waals surface area contributed by atoms with Gasteiger partial charge in [0.25, 0.3) is 0 Å². The topological polar surface area (TPSA) is 18.5 Å². The predicted octanol–water partition coefficient (Wildman–Crippen LogP) is 5.94. The fourth-order valence-electron chi connectivity index (χ4n) is 2.00. The van der Waals surface area contributed by atoms with E-state index in [9.17, 15) is 0 Å². The molecule has 0 unspecified atom stereocenters. The van der Waals surface area contributed by atoms with Crippen LogP contribution in [0.15, 0.2) is 94.7 Å². The summed E-state index contributed by atoms with van der Waals surface area (Å²) < 4.78 is 11.5. The second-order valence-corrected chi connectivity index (χ2v) is 6.90. The SMILES string of the molecule is c1ccc(SCOc2ccc(OCSc3ccccc3)cc2)cc1. The van der Waals surface area contributed by atoms with Gasteiger partial charge in [-0.1, -0.05) is 59.9 Å². The molecule has 0 heterocycles. The van der Waals surface area contributed by atoms with Crippen molar-refractivity contribution in [2.75, 3.05) is 11.9 Å². The molecule has 3 aromatic rings. The van der Waals surface area contributed by atoms with Crippen LogP contribution >= 0.6 is 23.5 Å². The van der Waals surface area contributed by atoms with E-state index in [1.807, 2.05) is 60.7 Å². The normalized spacial score (nSPS) is 10.3. The van der Waals surface area contributed by atoms with Crippen LogP contribution in [0.5, 0.6) is 11.5 Å². The first kappa shape index (κ1) is 16.8. The van der Waals surface area contributed by atoms with Crippen LogP contribution in [0.25, 0.3) is 0 Å². The fraction of sp³-hybridized carbons (Fsp3) is 0.100.